The number of ether oxygens (including phenoxy) is 4. The van der Waals surface area contributed by atoms with Crippen molar-refractivity contribution >= 4 is 7.85 Å². The van der Waals surface area contributed by atoms with E-state index in [1.165, 1.54) is 0 Å². The molecule has 16 heavy (non-hydrogen) atoms. The predicted molar refractivity (Wildman–Crippen MR) is 64.5 cm³/mol. The Hall–Kier alpha value is -0.0951. The van der Waals surface area contributed by atoms with E-state index in [2.05, 4.69) is 0 Å². The second-order valence-electron chi connectivity index (χ2n) is 5.46. The van der Waals surface area contributed by atoms with Crippen LogP contribution in [0.3, 0.4) is 0 Å². The van der Waals surface area contributed by atoms with Gasteiger partial charge in [0.1, 0.15) is 13.4 Å². The number of hydrogen-bond acceptors (Lipinski definition) is 4. The highest BCUT2D eigenvalue weighted by molar-refractivity contribution is 6.15. The van der Waals surface area contributed by atoms with Gasteiger partial charge in [-0.1, -0.05) is 0 Å². The van der Waals surface area contributed by atoms with Crippen molar-refractivity contribution in [2.75, 3.05) is 34.0 Å². The summed E-state index contributed by atoms with van der Waals surface area (Å²) in [4.78, 5) is 0. The summed E-state index contributed by atoms with van der Waals surface area (Å²) >= 11 is 0. The maximum absolute atomic E-state index is 6.18. The molecule has 0 N–H and O–H groups in total. The standard InChI is InChI=1S/C11H23BO4/c1-9(2)10(3,12)16-11(6-13-4,7-14-5)8-15-9/h6-8,12H2,1-5H3. The van der Waals surface area contributed by atoms with Crippen LogP contribution < -0.4 is 0 Å². The van der Waals surface area contributed by atoms with Gasteiger partial charge in [0.25, 0.3) is 0 Å². The van der Waals surface area contributed by atoms with E-state index in [0.29, 0.717) is 19.8 Å². The zero-order valence-corrected chi connectivity index (χ0v) is 11.3. The van der Waals surface area contributed by atoms with Gasteiger partial charge in [0.15, 0.2) is 0 Å². The molecule has 1 fully saturated rings. The van der Waals surface area contributed by atoms with Crippen molar-refractivity contribution < 1.29 is 18.9 Å². The summed E-state index contributed by atoms with van der Waals surface area (Å²) in [5.41, 5.74) is -1.18. The van der Waals surface area contributed by atoms with Gasteiger partial charge < -0.3 is 18.9 Å². The Morgan fingerprint density at radius 3 is 2.00 bits per heavy atom. The molecule has 0 aromatic heterocycles. The van der Waals surface area contributed by atoms with Gasteiger partial charge in [-0.3, -0.25) is 0 Å². The van der Waals surface area contributed by atoms with Crippen LogP contribution in [0.4, 0.5) is 0 Å². The molecule has 94 valence electrons. The summed E-state index contributed by atoms with van der Waals surface area (Å²) in [5.74, 6) is 0. The molecule has 1 aliphatic heterocycles. The second kappa shape index (κ2) is 4.65. The molecule has 0 radical (unpaired) electrons. The normalized spacial score (nSPS) is 32.6. The monoisotopic (exact) mass is 230 g/mol. The third kappa shape index (κ3) is 2.59. The van der Waals surface area contributed by atoms with Gasteiger partial charge in [0.2, 0.25) is 0 Å². The van der Waals surface area contributed by atoms with Crippen molar-refractivity contribution in [1.29, 1.82) is 0 Å². The summed E-state index contributed by atoms with van der Waals surface area (Å²) in [6.45, 7) is 7.55. The lowest BCUT2D eigenvalue weighted by Crippen LogP contribution is -2.66. The Labute approximate surface area is 99.0 Å². The van der Waals surface area contributed by atoms with Crippen LogP contribution in [0.25, 0.3) is 0 Å². The van der Waals surface area contributed by atoms with Crippen molar-refractivity contribution in [3.05, 3.63) is 0 Å². The lowest BCUT2D eigenvalue weighted by molar-refractivity contribution is -0.297. The Morgan fingerprint density at radius 2 is 1.62 bits per heavy atom. The van der Waals surface area contributed by atoms with Crippen molar-refractivity contribution in [2.24, 2.45) is 0 Å². The van der Waals surface area contributed by atoms with Crippen LogP contribution in [0.15, 0.2) is 0 Å². The van der Waals surface area contributed by atoms with Crippen molar-refractivity contribution in [3.8, 4) is 0 Å². The summed E-state index contributed by atoms with van der Waals surface area (Å²) in [6.07, 6.45) is 0. The third-order valence-electron chi connectivity index (χ3n) is 3.43. The Morgan fingerprint density at radius 1 is 1.12 bits per heavy atom. The molecule has 1 aliphatic rings. The Balaban J connectivity index is 2.84. The van der Waals surface area contributed by atoms with E-state index < -0.39 is 5.60 Å². The summed E-state index contributed by atoms with van der Waals surface area (Å²) in [5, 5.41) is 0. The zero-order chi connectivity index (χ0) is 12.4. The Bertz CT molecular complexity index is 234. The van der Waals surface area contributed by atoms with E-state index in [0.717, 1.165) is 0 Å². The highest BCUT2D eigenvalue weighted by Crippen LogP contribution is 2.37. The average molecular weight is 230 g/mol. The maximum Gasteiger partial charge on any atom is 0.146 e. The van der Waals surface area contributed by atoms with Crippen molar-refractivity contribution in [3.63, 3.8) is 0 Å². The fourth-order valence-corrected chi connectivity index (χ4v) is 1.89. The molecule has 0 spiro atoms. The van der Waals surface area contributed by atoms with E-state index in [4.69, 9.17) is 18.9 Å². The highest BCUT2D eigenvalue weighted by Gasteiger charge is 2.51. The average Bonchev–Trinajstić information content (AvgIpc) is 2.13. The molecular weight excluding hydrogens is 207 g/mol. The predicted octanol–water partition coefficient (Wildman–Crippen LogP) is 0.193. The minimum Gasteiger partial charge on any atom is -0.382 e. The van der Waals surface area contributed by atoms with E-state index >= 15 is 0 Å². The SMILES string of the molecule is BC1(C)OC(COC)(COC)COC1(C)C. The molecule has 1 heterocycles. The molecule has 0 aromatic carbocycles. The van der Waals surface area contributed by atoms with Gasteiger partial charge in [0, 0.05) is 14.2 Å². The minimum absolute atomic E-state index is 0.308. The third-order valence-corrected chi connectivity index (χ3v) is 3.43. The van der Waals surface area contributed by atoms with Crippen LogP contribution in [-0.4, -0.2) is 58.6 Å². The maximum atomic E-state index is 6.18. The van der Waals surface area contributed by atoms with Crippen LogP contribution >= 0.6 is 0 Å². The summed E-state index contributed by atoms with van der Waals surface area (Å²) < 4.78 is 22.5. The van der Waals surface area contributed by atoms with Crippen LogP contribution in [-0.2, 0) is 18.9 Å². The van der Waals surface area contributed by atoms with Crippen LogP contribution in [0, 0.1) is 0 Å². The Kier molecular flexibility index (Phi) is 4.06. The second-order valence-corrected chi connectivity index (χ2v) is 5.46. The zero-order valence-electron chi connectivity index (χ0n) is 11.3. The minimum atomic E-state index is -0.498. The first-order chi connectivity index (χ1) is 7.29. The smallest absolute Gasteiger partial charge is 0.146 e. The van der Waals surface area contributed by atoms with Gasteiger partial charge in [0.05, 0.1) is 30.9 Å². The molecule has 1 saturated heterocycles. The van der Waals surface area contributed by atoms with E-state index in [1.54, 1.807) is 14.2 Å². The van der Waals surface area contributed by atoms with E-state index in [1.807, 2.05) is 28.6 Å². The van der Waals surface area contributed by atoms with Crippen LogP contribution in [0.2, 0.25) is 0 Å². The fourth-order valence-electron chi connectivity index (χ4n) is 1.89. The molecule has 5 heteroatoms. The van der Waals surface area contributed by atoms with E-state index in [-0.39, 0.29) is 11.1 Å². The molecule has 0 aromatic rings. The molecule has 0 aliphatic carbocycles. The molecular formula is C11H23BO4. The van der Waals surface area contributed by atoms with Gasteiger partial charge >= 0.3 is 0 Å². The quantitative estimate of drug-likeness (QED) is 0.646. The molecule has 1 rings (SSSR count). The molecule has 0 saturated carbocycles. The van der Waals surface area contributed by atoms with Crippen molar-refractivity contribution in [1.82, 2.24) is 0 Å². The molecule has 1 atom stereocenters. The van der Waals surface area contributed by atoms with Crippen LogP contribution in [0.5, 0.6) is 0 Å². The van der Waals surface area contributed by atoms with Gasteiger partial charge in [-0.25, -0.2) is 0 Å². The topological polar surface area (TPSA) is 36.9 Å². The molecule has 0 bridgehead atoms. The first-order valence-electron chi connectivity index (χ1n) is 5.61. The fraction of sp³-hybridized carbons (Fsp3) is 1.00. The molecule has 1 unspecified atom stereocenters. The lowest BCUT2D eigenvalue weighted by atomic mass is 9.69. The number of rotatable bonds is 4. The van der Waals surface area contributed by atoms with Crippen molar-refractivity contribution in [2.45, 2.75) is 37.5 Å². The van der Waals surface area contributed by atoms with Crippen LogP contribution in [0.1, 0.15) is 20.8 Å². The number of methoxy groups -OCH3 is 2. The van der Waals surface area contributed by atoms with E-state index in [9.17, 15) is 0 Å². The van der Waals surface area contributed by atoms with Gasteiger partial charge in [-0.2, -0.15) is 0 Å². The van der Waals surface area contributed by atoms with Gasteiger partial charge in [-0.05, 0) is 20.8 Å². The summed E-state index contributed by atoms with van der Waals surface area (Å²) in [7, 11) is 5.35. The largest absolute Gasteiger partial charge is 0.382 e. The first-order valence-corrected chi connectivity index (χ1v) is 5.61. The first kappa shape index (κ1) is 14.0. The molecule has 0 amide bonds. The highest BCUT2D eigenvalue weighted by atomic mass is 16.6. The number of hydrogen-bond donors (Lipinski definition) is 0. The molecule has 4 nitrogen and oxygen atoms in total. The van der Waals surface area contributed by atoms with Gasteiger partial charge in [-0.15, -0.1) is 0 Å². The summed E-state index contributed by atoms with van der Waals surface area (Å²) in [6, 6.07) is 0. The lowest BCUT2D eigenvalue weighted by Gasteiger charge is -2.53.